The Morgan fingerprint density at radius 2 is 1.62 bits per heavy atom. The van der Waals surface area contributed by atoms with E-state index in [1.165, 1.54) is 0 Å². The van der Waals surface area contributed by atoms with Gasteiger partial charge in [0.1, 0.15) is 0 Å². The van der Waals surface area contributed by atoms with E-state index in [1.54, 1.807) is 4.68 Å². The molecule has 1 N–H and O–H groups in total. The minimum atomic E-state index is -0.333. The summed E-state index contributed by atoms with van der Waals surface area (Å²) in [5, 5.41) is 7.47. The van der Waals surface area contributed by atoms with Gasteiger partial charge in [0.15, 0.2) is 5.82 Å². The fraction of sp³-hybridized carbons (Fsp3) is 0.125. The number of carbonyl (C=O) groups excluding carboxylic acids is 1. The molecule has 0 aliphatic carbocycles. The first-order valence-corrected chi connectivity index (χ1v) is 9.49. The van der Waals surface area contributed by atoms with Crippen LogP contribution in [0.3, 0.4) is 0 Å². The van der Waals surface area contributed by atoms with Crippen LogP contribution in [0.5, 0.6) is 0 Å². The molecule has 0 radical (unpaired) electrons. The lowest BCUT2D eigenvalue weighted by molar-refractivity contribution is 0.101. The number of nitrogens with zero attached hydrogens (tertiary/aromatic N) is 3. The Morgan fingerprint density at radius 1 is 0.862 bits per heavy atom. The zero-order valence-electron chi connectivity index (χ0n) is 16.7. The number of benzene rings is 3. The maximum absolute atomic E-state index is 12.9. The van der Waals surface area contributed by atoms with E-state index < -0.39 is 0 Å². The molecule has 0 bridgehead atoms. The second-order valence-electron chi connectivity index (χ2n) is 7.15. The van der Waals surface area contributed by atoms with Crippen LogP contribution in [0.1, 0.15) is 27.3 Å². The van der Waals surface area contributed by atoms with Crippen molar-refractivity contribution >= 4 is 11.6 Å². The van der Waals surface area contributed by atoms with Gasteiger partial charge < -0.3 is 5.32 Å². The van der Waals surface area contributed by atoms with Crippen molar-refractivity contribution in [1.29, 1.82) is 0 Å². The molecule has 0 saturated carbocycles. The van der Waals surface area contributed by atoms with E-state index in [4.69, 9.17) is 0 Å². The van der Waals surface area contributed by atoms with Gasteiger partial charge in [-0.15, -0.1) is 5.10 Å². The molecule has 0 aliphatic rings. The molecule has 1 aromatic heterocycles. The predicted molar refractivity (Wildman–Crippen MR) is 115 cm³/mol. The molecule has 3 aromatic carbocycles. The summed E-state index contributed by atoms with van der Waals surface area (Å²) in [6.07, 6.45) is 0. The number of hydrogen-bond donors (Lipinski definition) is 1. The minimum absolute atomic E-state index is 0.130. The fourth-order valence-corrected chi connectivity index (χ4v) is 3.25. The molecule has 1 heterocycles. The highest BCUT2D eigenvalue weighted by Gasteiger charge is 2.19. The van der Waals surface area contributed by atoms with Crippen molar-refractivity contribution in [2.45, 2.75) is 20.8 Å². The fourth-order valence-electron chi connectivity index (χ4n) is 3.25. The van der Waals surface area contributed by atoms with Gasteiger partial charge in [0.25, 0.3) is 5.91 Å². The first kappa shape index (κ1) is 18.6. The van der Waals surface area contributed by atoms with Crippen molar-refractivity contribution < 1.29 is 4.79 Å². The summed E-state index contributed by atoms with van der Waals surface area (Å²) >= 11 is 0. The third kappa shape index (κ3) is 3.94. The highest BCUT2D eigenvalue weighted by molar-refractivity contribution is 6.02. The normalized spacial score (nSPS) is 10.7. The second kappa shape index (κ2) is 7.72. The lowest BCUT2D eigenvalue weighted by Gasteiger charge is -2.07. The molecule has 0 aliphatic heterocycles. The molecule has 0 unspecified atom stereocenters. The van der Waals surface area contributed by atoms with Crippen molar-refractivity contribution in [2.75, 3.05) is 5.32 Å². The van der Waals surface area contributed by atoms with Gasteiger partial charge in [-0.05, 0) is 50.1 Å². The largest absolute Gasteiger partial charge is 0.319 e. The van der Waals surface area contributed by atoms with Gasteiger partial charge in [-0.2, -0.15) is 0 Å². The zero-order chi connectivity index (χ0) is 20.4. The Morgan fingerprint density at radius 3 is 2.34 bits per heavy atom. The molecule has 4 rings (SSSR count). The Balaban J connectivity index is 1.75. The van der Waals surface area contributed by atoms with E-state index in [1.807, 2.05) is 93.6 Å². The molecule has 5 heteroatoms. The molecule has 0 fully saturated rings. The molecular formula is C24H22N4O. The molecule has 0 saturated heterocycles. The van der Waals surface area contributed by atoms with Crippen LogP contribution >= 0.6 is 0 Å². The summed E-state index contributed by atoms with van der Waals surface area (Å²) in [5.74, 6) is 0.424. The van der Waals surface area contributed by atoms with E-state index >= 15 is 0 Å². The van der Waals surface area contributed by atoms with E-state index in [2.05, 4.69) is 15.4 Å². The SMILES string of the molecule is Cc1cccc(-n2nc(C(=O)Nc3ccc(C)cc3C)nc2-c2ccccc2)c1. The lowest BCUT2D eigenvalue weighted by atomic mass is 10.1. The Hall–Kier alpha value is -3.73. The molecule has 4 aromatic rings. The van der Waals surface area contributed by atoms with Crippen LogP contribution in [-0.2, 0) is 0 Å². The molecule has 5 nitrogen and oxygen atoms in total. The van der Waals surface area contributed by atoms with Crippen molar-refractivity contribution in [3.8, 4) is 17.1 Å². The summed E-state index contributed by atoms with van der Waals surface area (Å²) in [6, 6.07) is 23.6. The quantitative estimate of drug-likeness (QED) is 0.533. The standard InChI is InChI=1S/C24H22N4O/c1-16-8-7-11-20(15-16)28-23(19-9-5-4-6-10-19)26-22(27-28)24(29)25-21-13-12-17(2)14-18(21)3/h4-15H,1-3H3,(H,25,29). The van der Waals surface area contributed by atoms with Crippen LogP contribution in [0.2, 0.25) is 0 Å². The number of nitrogens with one attached hydrogen (secondary N) is 1. The average Bonchev–Trinajstić information content (AvgIpc) is 3.16. The first-order chi connectivity index (χ1) is 14.0. The maximum atomic E-state index is 12.9. The van der Waals surface area contributed by atoms with Crippen LogP contribution in [0.4, 0.5) is 5.69 Å². The van der Waals surface area contributed by atoms with E-state index in [0.717, 1.165) is 33.6 Å². The van der Waals surface area contributed by atoms with Crippen LogP contribution in [0.25, 0.3) is 17.1 Å². The van der Waals surface area contributed by atoms with Crippen molar-refractivity contribution in [3.63, 3.8) is 0 Å². The topological polar surface area (TPSA) is 59.8 Å². The summed E-state index contributed by atoms with van der Waals surface area (Å²) < 4.78 is 1.72. The molecule has 1 amide bonds. The number of hydrogen-bond acceptors (Lipinski definition) is 3. The van der Waals surface area contributed by atoms with Crippen molar-refractivity contribution in [2.24, 2.45) is 0 Å². The van der Waals surface area contributed by atoms with Gasteiger partial charge in [0, 0.05) is 11.3 Å². The smallest absolute Gasteiger partial charge is 0.295 e. The van der Waals surface area contributed by atoms with Gasteiger partial charge in [-0.1, -0.05) is 60.2 Å². The number of aryl methyl sites for hydroxylation is 3. The van der Waals surface area contributed by atoms with Gasteiger partial charge in [0.2, 0.25) is 5.82 Å². The third-order valence-electron chi connectivity index (χ3n) is 4.72. The monoisotopic (exact) mass is 382 g/mol. The molecule has 0 atom stereocenters. The van der Waals surface area contributed by atoms with Gasteiger partial charge in [0.05, 0.1) is 5.69 Å². The number of anilines is 1. The zero-order valence-corrected chi connectivity index (χ0v) is 16.7. The number of amides is 1. The number of carbonyl (C=O) groups is 1. The number of aromatic nitrogens is 3. The average molecular weight is 382 g/mol. The van der Waals surface area contributed by atoms with E-state index in [0.29, 0.717) is 5.82 Å². The van der Waals surface area contributed by atoms with Crippen LogP contribution < -0.4 is 5.32 Å². The highest BCUT2D eigenvalue weighted by Crippen LogP contribution is 2.23. The summed E-state index contributed by atoms with van der Waals surface area (Å²) in [5.41, 5.74) is 5.77. The van der Waals surface area contributed by atoms with Crippen LogP contribution in [-0.4, -0.2) is 20.7 Å². The second-order valence-corrected chi connectivity index (χ2v) is 7.15. The first-order valence-electron chi connectivity index (χ1n) is 9.49. The summed E-state index contributed by atoms with van der Waals surface area (Å²) in [6.45, 7) is 6.02. The van der Waals surface area contributed by atoms with Crippen molar-refractivity contribution in [3.05, 3.63) is 95.3 Å². The van der Waals surface area contributed by atoms with Crippen LogP contribution in [0.15, 0.2) is 72.8 Å². The Labute approximate surface area is 170 Å². The Bertz CT molecular complexity index is 1180. The predicted octanol–water partition coefficient (Wildman–Crippen LogP) is 5.11. The van der Waals surface area contributed by atoms with Gasteiger partial charge in [-0.3, -0.25) is 4.79 Å². The van der Waals surface area contributed by atoms with Gasteiger partial charge >= 0.3 is 0 Å². The minimum Gasteiger partial charge on any atom is -0.319 e. The van der Waals surface area contributed by atoms with Gasteiger partial charge in [-0.25, -0.2) is 9.67 Å². The third-order valence-corrected chi connectivity index (χ3v) is 4.72. The van der Waals surface area contributed by atoms with Crippen LogP contribution in [0, 0.1) is 20.8 Å². The molecule has 144 valence electrons. The Kier molecular flexibility index (Phi) is 4.96. The number of rotatable bonds is 4. The van der Waals surface area contributed by atoms with Crippen molar-refractivity contribution in [1.82, 2.24) is 14.8 Å². The highest BCUT2D eigenvalue weighted by atomic mass is 16.2. The van der Waals surface area contributed by atoms with E-state index in [-0.39, 0.29) is 11.7 Å². The lowest BCUT2D eigenvalue weighted by Crippen LogP contribution is -2.15. The molecule has 29 heavy (non-hydrogen) atoms. The molecule has 0 spiro atoms. The molecular weight excluding hydrogens is 360 g/mol. The summed E-state index contributed by atoms with van der Waals surface area (Å²) in [7, 11) is 0. The maximum Gasteiger partial charge on any atom is 0.295 e. The summed E-state index contributed by atoms with van der Waals surface area (Å²) in [4.78, 5) is 17.5. The van der Waals surface area contributed by atoms with E-state index in [9.17, 15) is 4.79 Å².